The summed E-state index contributed by atoms with van der Waals surface area (Å²) in [6, 6.07) is 8.19. The second-order valence-corrected chi connectivity index (χ2v) is 8.23. The van der Waals surface area contributed by atoms with Crippen LogP contribution in [0.3, 0.4) is 0 Å². The predicted octanol–water partition coefficient (Wildman–Crippen LogP) is 2.03. The molecule has 4 rings (SSSR count). The van der Waals surface area contributed by atoms with E-state index in [9.17, 15) is 9.59 Å². The third-order valence-corrected chi connectivity index (χ3v) is 5.98. The van der Waals surface area contributed by atoms with Crippen LogP contribution in [0.5, 0.6) is 5.75 Å². The topological polar surface area (TPSA) is 89.6 Å². The van der Waals surface area contributed by atoms with Gasteiger partial charge >= 0.3 is 0 Å². The van der Waals surface area contributed by atoms with Gasteiger partial charge in [0.15, 0.2) is 0 Å². The maximum Gasteiger partial charge on any atom is 0.237 e. The highest BCUT2D eigenvalue weighted by Crippen LogP contribution is 2.29. The van der Waals surface area contributed by atoms with Crippen molar-refractivity contribution in [3.05, 3.63) is 30.5 Å². The van der Waals surface area contributed by atoms with E-state index in [0.29, 0.717) is 6.42 Å². The summed E-state index contributed by atoms with van der Waals surface area (Å²) in [7, 11) is 0. The van der Waals surface area contributed by atoms with E-state index in [0.717, 1.165) is 68.4 Å². The van der Waals surface area contributed by atoms with Crippen molar-refractivity contribution in [1.82, 2.24) is 14.8 Å². The minimum atomic E-state index is -0.356. The van der Waals surface area contributed by atoms with Crippen LogP contribution < -0.4 is 15.8 Å². The molecule has 2 aliphatic heterocycles. The summed E-state index contributed by atoms with van der Waals surface area (Å²) in [4.78, 5) is 25.5. The zero-order valence-corrected chi connectivity index (χ0v) is 16.8. The summed E-state index contributed by atoms with van der Waals surface area (Å²) >= 11 is 0. The number of amides is 2. The molecule has 2 aliphatic rings. The third kappa shape index (κ3) is 4.90. The number of primary amides is 1. The van der Waals surface area contributed by atoms with Gasteiger partial charge in [0, 0.05) is 43.7 Å². The van der Waals surface area contributed by atoms with Crippen molar-refractivity contribution in [2.45, 2.75) is 57.2 Å². The van der Waals surface area contributed by atoms with E-state index in [1.54, 1.807) is 0 Å². The molecule has 1 unspecified atom stereocenters. The van der Waals surface area contributed by atoms with Gasteiger partial charge in [-0.25, -0.2) is 0 Å². The van der Waals surface area contributed by atoms with Crippen molar-refractivity contribution in [3.8, 4) is 5.75 Å². The van der Waals surface area contributed by atoms with E-state index in [1.165, 1.54) is 0 Å². The van der Waals surface area contributed by atoms with Crippen LogP contribution in [0.15, 0.2) is 30.5 Å². The Bertz CT molecular complexity index is 870. The molecule has 2 saturated heterocycles. The first-order valence-corrected chi connectivity index (χ1v) is 10.6. The number of carbonyl (C=O) groups is 2. The molecule has 29 heavy (non-hydrogen) atoms. The highest BCUT2D eigenvalue weighted by atomic mass is 16.5. The summed E-state index contributed by atoms with van der Waals surface area (Å²) in [6.45, 7) is 3.07. The number of piperidine rings is 1. The first kappa shape index (κ1) is 19.8. The molecule has 3 N–H and O–H groups in total. The van der Waals surface area contributed by atoms with Crippen LogP contribution in [0.4, 0.5) is 0 Å². The van der Waals surface area contributed by atoms with Crippen molar-refractivity contribution in [2.75, 3.05) is 19.6 Å². The molecule has 0 aliphatic carbocycles. The van der Waals surface area contributed by atoms with Gasteiger partial charge in [0.2, 0.25) is 11.8 Å². The number of benzene rings is 1. The molecule has 7 heteroatoms. The number of hydrogen-bond acceptors (Lipinski definition) is 4. The van der Waals surface area contributed by atoms with Crippen LogP contribution in [0.1, 0.15) is 38.5 Å². The number of nitrogens with one attached hydrogen (secondary N) is 1. The Morgan fingerprint density at radius 2 is 2.00 bits per heavy atom. The number of fused-ring (bicyclic) bond motifs is 1. The fourth-order valence-corrected chi connectivity index (χ4v) is 4.49. The average molecular weight is 399 g/mol. The summed E-state index contributed by atoms with van der Waals surface area (Å²) in [5.74, 6) is 0.702. The number of carbonyl (C=O) groups excluding carboxylic acids is 2. The maximum atomic E-state index is 11.8. The van der Waals surface area contributed by atoms with Crippen LogP contribution >= 0.6 is 0 Å². The molecule has 7 nitrogen and oxygen atoms in total. The van der Waals surface area contributed by atoms with E-state index >= 15 is 0 Å². The summed E-state index contributed by atoms with van der Waals surface area (Å²) in [5.41, 5.74) is 6.30. The average Bonchev–Trinajstić information content (AvgIpc) is 2.98. The molecular formula is C22H30N4O3. The van der Waals surface area contributed by atoms with Crippen LogP contribution in [-0.2, 0) is 16.1 Å². The lowest BCUT2D eigenvalue weighted by Crippen LogP contribution is -2.46. The molecule has 2 fully saturated rings. The number of likely N-dealkylation sites (tertiary alicyclic amines) is 1. The van der Waals surface area contributed by atoms with Gasteiger partial charge in [-0.3, -0.25) is 9.59 Å². The first-order chi connectivity index (χ1) is 14.1. The van der Waals surface area contributed by atoms with Gasteiger partial charge in [0.1, 0.15) is 18.4 Å². The molecule has 0 saturated carbocycles. The van der Waals surface area contributed by atoms with Crippen LogP contribution in [0.2, 0.25) is 0 Å². The second-order valence-electron chi connectivity index (χ2n) is 8.23. The minimum Gasteiger partial charge on any atom is -0.490 e. The fourth-order valence-electron chi connectivity index (χ4n) is 4.49. The number of hydrogen-bond donors (Lipinski definition) is 2. The molecule has 1 aromatic carbocycles. The minimum absolute atomic E-state index is 0.170. The van der Waals surface area contributed by atoms with Crippen molar-refractivity contribution < 1.29 is 14.3 Å². The van der Waals surface area contributed by atoms with Gasteiger partial charge in [0.25, 0.3) is 0 Å². The fraction of sp³-hybridized carbons (Fsp3) is 0.545. The Morgan fingerprint density at radius 1 is 1.17 bits per heavy atom. The van der Waals surface area contributed by atoms with Gasteiger partial charge in [-0.1, -0.05) is 12.5 Å². The molecule has 3 heterocycles. The van der Waals surface area contributed by atoms with Gasteiger partial charge in [-0.2, -0.15) is 0 Å². The highest BCUT2D eigenvalue weighted by molar-refractivity contribution is 5.88. The smallest absolute Gasteiger partial charge is 0.237 e. The Morgan fingerprint density at radius 3 is 2.79 bits per heavy atom. The molecule has 2 amide bonds. The largest absolute Gasteiger partial charge is 0.490 e. The Labute approximate surface area is 171 Å². The van der Waals surface area contributed by atoms with E-state index in [1.807, 2.05) is 35.0 Å². The van der Waals surface area contributed by atoms with Gasteiger partial charge in [0.05, 0.1) is 5.52 Å². The van der Waals surface area contributed by atoms with Gasteiger partial charge in [-0.15, -0.1) is 0 Å². The monoisotopic (exact) mass is 398 g/mol. The van der Waals surface area contributed by atoms with Crippen molar-refractivity contribution in [1.29, 1.82) is 0 Å². The SMILES string of the molecule is NC(=O)Cn1ccc2c(OC3CCN(CC4CCCCC(=O)N4)CC3)cccc21. The Balaban J connectivity index is 1.33. The maximum absolute atomic E-state index is 11.8. The molecule has 1 aromatic heterocycles. The lowest BCUT2D eigenvalue weighted by atomic mass is 10.1. The van der Waals surface area contributed by atoms with Crippen LogP contribution in [-0.4, -0.2) is 53.1 Å². The number of rotatable bonds is 6. The lowest BCUT2D eigenvalue weighted by molar-refractivity contribution is -0.121. The van der Waals surface area contributed by atoms with E-state index in [-0.39, 0.29) is 30.5 Å². The lowest BCUT2D eigenvalue weighted by Gasteiger charge is -2.34. The molecule has 1 atom stereocenters. The summed E-state index contributed by atoms with van der Waals surface area (Å²) in [5, 5.41) is 4.18. The van der Waals surface area contributed by atoms with E-state index in [2.05, 4.69) is 10.2 Å². The van der Waals surface area contributed by atoms with Gasteiger partial charge in [-0.05, 0) is 43.9 Å². The van der Waals surface area contributed by atoms with Crippen LogP contribution in [0.25, 0.3) is 10.9 Å². The molecule has 0 spiro atoms. The van der Waals surface area contributed by atoms with Crippen molar-refractivity contribution in [2.24, 2.45) is 5.73 Å². The first-order valence-electron chi connectivity index (χ1n) is 10.6. The quantitative estimate of drug-likeness (QED) is 0.779. The zero-order valence-electron chi connectivity index (χ0n) is 16.8. The van der Waals surface area contributed by atoms with Crippen molar-refractivity contribution >= 4 is 22.7 Å². The van der Waals surface area contributed by atoms with E-state index < -0.39 is 0 Å². The molecule has 0 bridgehead atoms. The zero-order chi connectivity index (χ0) is 20.2. The normalized spacial score (nSPS) is 21.7. The Hall–Kier alpha value is -2.54. The van der Waals surface area contributed by atoms with Crippen molar-refractivity contribution in [3.63, 3.8) is 0 Å². The number of nitrogens with two attached hydrogens (primary N) is 1. The van der Waals surface area contributed by atoms with Crippen LogP contribution in [0, 0.1) is 0 Å². The summed E-state index contributed by atoms with van der Waals surface area (Å²) in [6.07, 6.45) is 7.88. The van der Waals surface area contributed by atoms with Gasteiger partial charge < -0.3 is 25.3 Å². The highest BCUT2D eigenvalue weighted by Gasteiger charge is 2.25. The molecular weight excluding hydrogens is 368 g/mol. The predicted molar refractivity (Wildman–Crippen MR) is 112 cm³/mol. The molecule has 156 valence electrons. The number of nitrogens with zero attached hydrogens (tertiary/aromatic N) is 2. The summed E-state index contributed by atoms with van der Waals surface area (Å²) < 4.78 is 8.19. The standard InChI is InChI=1S/C22H30N4O3/c23-21(27)15-26-13-10-18-19(26)5-3-6-20(18)29-17-8-11-25(12-9-17)14-16-4-1-2-7-22(28)24-16/h3,5-6,10,13,16-17H,1-2,4,7-9,11-12,14-15H2,(H2,23,27)(H,24,28). The second kappa shape index (κ2) is 8.86. The molecule has 0 radical (unpaired) electrons. The molecule has 2 aromatic rings. The number of ether oxygens (including phenoxy) is 1. The third-order valence-electron chi connectivity index (χ3n) is 5.98. The van der Waals surface area contributed by atoms with E-state index in [4.69, 9.17) is 10.5 Å². The number of aromatic nitrogens is 1. The Kier molecular flexibility index (Phi) is 6.04.